The molecule has 2 rings (SSSR count). The Kier molecular flexibility index (Phi) is 5.06. The number of aromatic nitrogens is 1. The van der Waals surface area contributed by atoms with Gasteiger partial charge in [-0.2, -0.15) is 0 Å². The Morgan fingerprint density at radius 2 is 2.00 bits per heavy atom. The lowest BCUT2D eigenvalue weighted by atomic mass is 10.0. The Morgan fingerprint density at radius 1 is 1.27 bits per heavy atom. The fourth-order valence-corrected chi connectivity index (χ4v) is 2.32. The van der Waals surface area contributed by atoms with E-state index in [2.05, 4.69) is 15.6 Å². The SMILES string of the molecule is CNC(=O)CNCc1nc2ccccc2c(C)c1C(=O)OC. The van der Waals surface area contributed by atoms with Gasteiger partial charge in [-0.05, 0) is 18.6 Å². The number of likely N-dealkylation sites (N-methyl/N-ethyl adjacent to an activating group) is 1. The predicted molar refractivity (Wildman–Crippen MR) is 83.6 cm³/mol. The summed E-state index contributed by atoms with van der Waals surface area (Å²) in [4.78, 5) is 27.9. The van der Waals surface area contributed by atoms with E-state index in [9.17, 15) is 9.59 Å². The van der Waals surface area contributed by atoms with Gasteiger partial charge in [0.05, 0.1) is 30.4 Å². The third-order valence-electron chi connectivity index (χ3n) is 3.47. The summed E-state index contributed by atoms with van der Waals surface area (Å²) in [6, 6.07) is 7.62. The number of benzene rings is 1. The number of esters is 1. The number of ether oxygens (including phenoxy) is 1. The van der Waals surface area contributed by atoms with E-state index in [1.807, 2.05) is 31.2 Å². The topological polar surface area (TPSA) is 80.3 Å². The first-order valence-electron chi connectivity index (χ1n) is 6.96. The minimum atomic E-state index is -0.424. The second-order valence-corrected chi connectivity index (χ2v) is 4.84. The molecule has 0 atom stereocenters. The van der Waals surface area contributed by atoms with Gasteiger partial charge < -0.3 is 15.4 Å². The summed E-state index contributed by atoms with van der Waals surface area (Å²) in [5, 5.41) is 6.42. The first kappa shape index (κ1) is 15.9. The highest BCUT2D eigenvalue weighted by Gasteiger charge is 2.19. The molecule has 2 aromatic rings. The van der Waals surface area contributed by atoms with Crippen molar-refractivity contribution in [2.24, 2.45) is 0 Å². The molecule has 0 bridgehead atoms. The average molecular weight is 301 g/mol. The lowest BCUT2D eigenvalue weighted by Crippen LogP contribution is -2.31. The van der Waals surface area contributed by atoms with Crippen LogP contribution in [0.1, 0.15) is 21.6 Å². The monoisotopic (exact) mass is 301 g/mol. The number of nitrogens with zero attached hydrogens (tertiary/aromatic N) is 1. The number of para-hydroxylation sites is 1. The predicted octanol–water partition coefficient (Wildman–Crippen LogP) is 1.17. The van der Waals surface area contributed by atoms with Crippen LogP contribution in [0.2, 0.25) is 0 Å². The molecule has 0 fully saturated rings. The number of carbonyl (C=O) groups is 2. The molecule has 0 radical (unpaired) electrons. The van der Waals surface area contributed by atoms with Crippen LogP contribution in [-0.4, -0.2) is 37.6 Å². The highest BCUT2D eigenvalue weighted by molar-refractivity contribution is 5.98. The van der Waals surface area contributed by atoms with Gasteiger partial charge >= 0.3 is 5.97 Å². The van der Waals surface area contributed by atoms with Crippen molar-refractivity contribution in [3.63, 3.8) is 0 Å². The van der Waals surface area contributed by atoms with Crippen LogP contribution in [0, 0.1) is 6.92 Å². The Balaban J connectivity index is 2.41. The van der Waals surface area contributed by atoms with Gasteiger partial charge in [0.25, 0.3) is 0 Å². The number of hydrogen-bond acceptors (Lipinski definition) is 5. The number of rotatable bonds is 5. The molecule has 0 aliphatic rings. The molecular formula is C16H19N3O3. The molecule has 0 aliphatic heterocycles. The summed E-state index contributed by atoms with van der Waals surface area (Å²) in [5.74, 6) is -0.551. The fraction of sp³-hybridized carbons (Fsp3) is 0.312. The van der Waals surface area contributed by atoms with E-state index in [0.717, 1.165) is 16.5 Å². The molecule has 0 aliphatic carbocycles. The summed E-state index contributed by atoms with van der Waals surface area (Å²) in [7, 11) is 2.92. The van der Waals surface area contributed by atoms with Gasteiger partial charge in [0.2, 0.25) is 5.91 Å². The van der Waals surface area contributed by atoms with Crippen molar-refractivity contribution in [1.82, 2.24) is 15.6 Å². The highest BCUT2D eigenvalue weighted by atomic mass is 16.5. The van der Waals surface area contributed by atoms with E-state index in [1.165, 1.54) is 7.11 Å². The Hall–Kier alpha value is -2.47. The van der Waals surface area contributed by atoms with E-state index in [1.54, 1.807) is 7.05 Å². The van der Waals surface area contributed by atoms with Gasteiger partial charge in [-0.3, -0.25) is 9.78 Å². The van der Waals surface area contributed by atoms with Crippen LogP contribution in [-0.2, 0) is 16.1 Å². The molecule has 0 saturated heterocycles. The van der Waals surface area contributed by atoms with Crippen molar-refractivity contribution in [2.75, 3.05) is 20.7 Å². The molecule has 22 heavy (non-hydrogen) atoms. The normalized spacial score (nSPS) is 10.5. The van der Waals surface area contributed by atoms with Crippen LogP contribution in [0.15, 0.2) is 24.3 Å². The molecule has 6 heteroatoms. The molecule has 1 amide bonds. The number of amides is 1. The van der Waals surface area contributed by atoms with E-state index in [-0.39, 0.29) is 12.5 Å². The Morgan fingerprint density at radius 3 is 2.68 bits per heavy atom. The molecule has 1 heterocycles. The minimum absolute atomic E-state index is 0.128. The zero-order valence-electron chi connectivity index (χ0n) is 12.9. The zero-order chi connectivity index (χ0) is 16.1. The second kappa shape index (κ2) is 7.00. The quantitative estimate of drug-likeness (QED) is 0.810. The Labute approximate surface area is 128 Å². The summed E-state index contributed by atoms with van der Waals surface area (Å²) < 4.78 is 4.87. The number of carbonyl (C=O) groups excluding carboxylic acids is 2. The smallest absolute Gasteiger partial charge is 0.340 e. The van der Waals surface area contributed by atoms with E-state index in [4.69, 9.17) is 4.74 Å². The number of nitrogens with one attached hydrogen (secondary N) is 2. The largest absolute Gasteiger partial charge is 0.465 e. The lowest BCUT2D eigenvalue weighted by Gasteiger charge is -2.13. The third kappa shape index (κ3) is 3.23. The van der Waals surface area contributed by atoms with E-state index in [0.29, 0.717) is 17.8 Å². The third-order valence-corrected chi connectivity index (χ3v) is 3.47. The molecular weight excluding hydrogens is 282 g/mol. The lowest BCUT2D eigenvalue weighted by molar-refractivity contribution is -0.119. The summed E-state index contributed by atoms with van der Waals surface area (Å²) in [6.07, 6.45) is 0. The zero-order valence-corrected chi connectivity index (χ0v) is 12.9. The van der Waals surface area contributed by atoms with Crippen molar-refractivity contribution < 1.29 is 14.3 Å². The fourth-order valence-electron chi connectivity index (χ4n) is 2.32. The van der Waals surface area contributed by atoms with Crippen molar-refractivity contribution in [2.45, 2.75) is 13.5 Å². The molecule has 2 N–H and O–H groups in total. The maximum atomic E-state index is 12.1. The molecule has 0 unspecified atom stereocenters. The number of fused-ring (bicyclic) bond motifs is 1. The number of hydrogen-bond donors (Lipinski definition) is 2. The van der Waals surface area contributed by atoms with Crippen LogP contribution >= 0.6 is 0 Å². The van der Waals surface area contributed by atoms with Gasteiger partial charge in [-0.1, -0.05) is 18.2 Å². The van der Waals surface area contributed by atoms with Gasteiger partial charge in [-0.15, -0.1) is 0 Å². The first-order chi connectivity index (χ1) is 10.6. The minimum Gasteiger partial charge on any atom is -0.465 e. The second-order valence-electron chi connectivity index (χ2n) is 4.84. The number of methoxy groups -OCH3 is 1. The van der Waals surface area contributed by atoms with Crippen molar-refractivity contribution in [3.8, 4) is 0 Å². The first-order valence-corrected chi connectivity index (χ1v) is 6.96. The van der Waals surface area contributed by atoms with Crippen LogP contribution in [0.3, 0.4) is 0 Å². The molecule has 0 saturated carbocycles. The molecule has 0 spiro atoms. The Bertz CT molecular complexity index is 713. The van der Waals surface area contributed by atoms with Crippen LogP contribution in [0.4, 0.5) is 0 Å². The molecule has 1 aromatic heterocycles. The summed E-state index contributed by atoms with van der Waals surface area (Å²) >= 11 is 0. The van der Waals surface area contributed by atoms with Gasteiger partial charge in [-0.25, -0.2) is 4.79 Å². The molecule has 1 aromatic carbocycles. The molecule has 6 nitrogen and oxygen atoms in total. The van der Waals surface area contributed by atoms with Gasteiger partial charge in [0.1, 0.15) is 0 Å². The summed E-state index contributed by atoms with van der Waals surface area (Å²) in [5.41, 5.74) is 2.66. The average Bonchev–Trinajstić information content (AvgIpc) is 2.54. The molecule has 116 valence electrons. The van der Waals surface area contributed by atoms with Crippen LogP contribution in [0.5, 0.6) is 0 Å². The maximum absolute atomic E-state index is 12.1. The van der Waals surface area contributed by atoms with Crippen molar-refractivity contribution >= 4 is 22.8 Å². The number of pyridine rings is 1. The highest BCUT2D eigenvalue weighted by Crippen LogP contribution is 2.23. The van der Waals surface area contributed by atoms with E-state index < -0.39 is 5.97 Å². The van der Waals surface area contributed by atoms with Crippen LogP contribution in [0.25, 0.3) is 10.9 Å². The van der Waals surface area contributed by atoms with Gasteiger partial charge in [0, 0.05) is 19.0 Å². The standard InChI is InChI=1S/C16H19N3O3/c1-10-11-6-4-5-7-12(11)19-13(15(10)16(21)22-3)8-18-9-14(20)17-2/h4-7,18H,8-9H2,1-3H3,(H,17,20). The van der Waals surface area contributed by atoms with E-state index >= 15 is 0 Å². The van der Waals surface area contributed by atoms with Crippen molar-refractivity contribution in [3.05, 3.63) is 41.1 Å². The number of aryl methyl sites for hydroxylation is 1. The van der Waals surface area contributed by atoms with Crippen LogP contribution < -0.4 is 10.6 Å². The summed E-state index contributed by atoms with van der Waals surface area (Å²) in [6.45, 7) is 2.34. The maximum Gasteiger partial charge on any atom is 0.340 e. The van der Waals surface area contributed by atoms with Gasteiger partial charge in [0.15, 0.2) is 0 Å². The van der Waals surface area contributed by atoms with Crippen molar-refractivity contribution in [1.29, 1.82) is 0 Å².